The van der Waals surface area contributed by atoms with Crippen LogP contribution in [0.15, 0.2) is 59.4 Å². The van der Waals surface area contributed by atoms with Gasteiger partial charge in [-0.05, 0) is 76.8 Å². The Kier molecular flexibility index (Phi) is 6.65. The molecule has 5 rings (SSSR count). The van der Waals surface area contributed by atoms with Gasteiger partial charge in [0.25, 0.3) is 5.56 Å². The Labute approximate surface area is 190 Å². The monoisotopic (exact) mass is 430 g/mol. The van der Waals surface area contributed by atoms with Crippen LogP contribution >= 0.6 is 0 Å². The van der Waals surface area contributed by atoms with Crippen LogP contribution in [0.4, 0.5) is 0 Å². The molecule has 5 heteroatoms. The van der Waals surface area contributed by atoms with Crippen LogP contribution in [0.5, 0.6) is 0 Å². The average molecular weight is 431 g/mol. The van der Waals surface area contributed by atoms with Gasteiger partial charge in [-0.3, -0.25) is 9.69 Å². The Morgan fingerprint density at radius 2 is 1.59 bits per heavy atom. The zero-order chi connectivity index (χ0) is 21.8. The number of para-hydroxylation sites is 2. The standard InChI is InChI=1S/C27H34N4O/c32-27-26(22-11-2-1-3-12-22)28-24-14-4-5-15-25(24)31(27)20-9-8-18-30-19-10-13-23(30)21-29-16-6-7-17-29/h1-5,11-12,14-15,23H,6-10,13,16-21H2. The van der Waals surface area contributed by atoms with Gasteiger partial charge in [0.1, 0.15) is 5.69 Å². The molecule has 0 bridgehead atoms. The van der Waals surface area contributed by atoms with E-state index >= 15 is 0 Å². The minimum absolute atomic E-state index is 0.0167. The van der Waals surface area contributed by atoms with Crippen LogP contribution in [0.2, 0.25) is 0 Å². The van der Waals surface area contributed by atoms with Gasteiger partial charge in [0.2, 0.25) is 0 Å². The van der Waals surface area contributed by atoms with E-state index in [2.05, 4.69) is 9.80 Å². The van der Waals surface area contributed by atoms with E-state index in [4.69, 9.17) is 4.98 Å². The van der Waals surface area contributed by atoms with Gasteiger partial charge < -0.3 is 9.47 Å². The molecule has 168 valence electrons. The first kappa shape index (κ1) is 21.4. The van der Waals surface area contributed by atoms with Crippen molar-refractivity contribution in [2.75, 3.05) is 32.7 Å². The first-order chi connectivity index (χ1) is 15.8. The normalized spacial score (nSPS) is 19.8. The molecule has 0 N–H and O–H groups in total. The van der Waals surface area contributed by atoms with Crippen molar-refractivity contribution >= 4 is 11.0 Å². The largest absolute Gasteiger partial charge is 0.305 e. The maximum atomic E-state index is 13.4. The summed E-state index contributed by atoms with van der Waals surface area (Å²) in [6.45, 7) is 6.93. The molecule has 0 spiro atoms. The van der Waals surface area contributed by atoms with Crippen molar-refractivity contribution in [1.29, 1.82) is 0 Å². The number of hydrogen-bond donors (Lipinski definition) is 0. The second-order valence-corrected chi connectivity index (χ2v) is 9.32. The van der Waals surface area contributed by atoms with Crippen molar-refractivity contribution in [3.8, 4) is 11.3 Å². The summed E-state index contributed by atoms with van der Waals surface area (Å²) in [5.41, 5.74) is 3.28. The third-order valence-electron chi connectivity index (χ3n) is 7.14. The highest BCUT2D eigenvalue weighted by Crippen LogP contribution is 2.21. The molecule has 3 aromatic rings. The topological polar surface area (TPSA) is 41.4 Å². The van der Waals surface area contributed by atoms with Gasteiger partial charge in [-0.15, -0.1) is 0 Å². The predicted octanol–water partition coefficient (Wildman–Crippen LogP) is 4.40. The molecule has 1 aromatic heterocycles. The smallest absolute Gasteiger partial charge is 0.277 e. The third kappa shape index (κ3) is 4.64. The molecular formula is C27H34N4O. The maximum absolute atomic E-state index is 13.4. The first-order valence-corrected chi connectivity index (χ1v) is 12.3. The second-order valence-electron chi connectivity index (χ2n) is 9.32. The van der Waals surface area contributed by atoms with Crippen LogP contribution in [0.3, 0.4) is 0 Å². The SMILES string of the molecule is O=c1c(-c2ccccc2)nc2ccccc2n1CCCCN1CCCC1CN1CCCC1. The van der Waals surface area contributed by atoms with Gasteiger partial charge in [-0.2, -0.15) is 0 Å². The van der Waals surface area contributed by atoms with Crippen molar-refractivity contribution in [3.05, 3.63) is 65.0 Å². The summed E-state index contributed by atoms with van der Waals surface area (Å²) in [5, 5.41) is 0. The van der Waals surface area contributed by atoms with E-state index in [0.717, 1.165) is 48.6 Å². The molecule has 2 fully saturated rings. The van der Waals surface area contributed by atoms with Crippen molar-refractivity contribution < 1.29 is 0 Å². The molecule has 1 unspecified atom stereocenters. The van der Waals surface area contributed by atoms with Crippen LogP contribution in [0.25, 0.3) is 22.3 Å². The predicted molar refractivity (Wildman–Crippen MR) is 131 cm³/mol. The second kappa shape index (κ2) is 9.97. The van der Waals surface area contributed by atoms with Gasteiger partial charge in [-0.1, -0.05) is 42.5 Å². The highest BCUT2D eigenvalue weighted by molar-refractivity contribution is 5.77. The van der Waals surface area contributed by atoms with E-state index < -0.39 is 0 Å². The van der Waals surface area contributed by atoms with E-state index in [-0.39, 0.29) is 5.56 Å². The fraction of sp³-hybridized carbons (Fsp3) is 0.481. The maximum Gasteiger partial charge on any atom is 0.277 e. The van der Waals surface area contributed by atoms with Gasteiger partial charge in [0, 0.05) is 24.7 Å². The lowest BCUT2D eigenvalue weighted by molar-refractivity contribution is 0.188. The number of nitrogens with zero attached hydrogens (tertiary/aromatic N) is 4. The van der Waals surface area contributed by atoms with Gasteiger partial charge in [0.05, 0.1) is 11.0 Å². The van der Waals surface area contributed by atoms with Gasteiger partial charge in [-0.25, -0.2) is 4.98 Å². The molecule has 1 atom stereocenters. The van der Waals surface area contributed by atoms with Crippen LogP contribution in [0.1, 0.15) is 38.5 Å². The van der Waals surface area contributed by atoms with E-state index in [1.807, 2.05) is 59.2 Å². The average Bonchev–Trinajstić information content (AvgIpc) is 3.51. The van der Waals surface area contributed by atoms with Crippen LogP contribution in [0, 0.1) is 0 Å². The van der Waals surface area contributed by atoms with Crippen molar-refractivity contribution in [2.45, 2.75) is 51.1 Å². The molecule has 32 heavy (non-hydrogen) atoms. The van der Waals surface area contributed by atoms with E-state index in [1.54, 1.807) is 0 Å². The summed E-state index contributed by atoms with van der Waals surface area (Å²) in [4.78, 5) is 23.4. The van der Waals surface area contributed by atoms with E-state index in [1.165, 1.54) is 51.9 Å². The van der Waals surface area contributed by atoms with Crippen LogP contribution < -0.4 is 5.56 Å². The summed E-state index contributed by atoms with van der Waals surface area (Å²) >= 11 is 0. The Hall–Kier alpha value is -2.50. The Morgan fingerprint density at radius 1 is 0.844 bits per heavy atom. The Morgan fingerprint density at radius 3 is 2.44 bits per heavy atom. The molecule has 3 heterocycles. The van der Waals surface area contributed by atoms with Crippen molar-refractivity contribution in [3.63, 3.8) is 0 Å². The third-order valence-corrected chi connectivity index (χ3v) is 7.14. The number of aromatic nitrogens is 2. The molecule has 0 radical (unpaired) electrons. The number of likely N-dealkylation sites (tertiary alicyclic amines) is 2. The number of unbranched alkanes of at least 4 members (excludes halogenated alkanes) is 1. The first-order valence-electron chi connectivity index (χ1n) is 12.3. The molecular weight excluding hydrogens is 396 g/mol. The fourth-order valence-electron chi connectivity index (χ4n) is 5.44. The van der Waals surface area contributed by atoms with Crippen LogP contribution in [-0.2, 0) is 6.54 Å². The molecule has 0 aliphatic carbocycles. The van der Waals surface area contributed by atoms with Crippen molar-refractivity contribution in [1.82, 2.24) is 19.4 Å². The van der Waals surface area contributed by atoms with Gasteiger partial charge >= 0.3 is 0 Å². The lowest BCUT2D eigenvalue weighted by atomic mass is 10.1. The molecule has 2 aromatic carbocycles. The summed E-state index contributed by atoms with van der Waals surface area (Å²) in [5.74, 6) is 0. The number of aryl methyl sites for hydroxylation is 1. The molecule has 2 aliphatic rings. The fourth-order valence-corrected chi connectivity index (χ4v) is 5.44. The number of hydrogen-bond acceptors (Lipinski definition) is 4. The lowest BCUT2D eigenvalue weighted by Crippen LogP contribution is -2.39. The summed E-state index contributed by atoms with van der Waals surface area (Å²) < 4.78 is 1.94. The summed E-state index contributed by atoms with van der Waals surface area (Å²) in [6.07, 6.45) is 7.53. The number of rotatable bonds is 8. The zero-order valence-corrected chi connectivity index (χ0v) is 19.0. The molecule has 0 saturated carbocycles. The molecule has 5 nitrogen and oxygen atoms in total. The van der Waals surface area contributed by atoms with E-state index in [9.17, 15) is 4.79 Å². The minimum atomic E-state index is 0.0167. The number of fused-ring (bicyclic) bond motifs is 1. The molecule has 2 saturated heterocycles. The Balaban J connectivity index is 1.27. The number of benzene rings is 2. The minimum Gasteiger partial charge on any atom is -0.305 e. The molecule has 0 amide bonds. The van der Waals surface area contributed by atoms with Crippen molar-refractivity contribution in [2.24, 2.45) is 0 Å². The molecule has 2 aliphatic heterocycles. The van der Waals surface area contributed by atoms with Crippen LogP contribution in [-0.4, -0.2) is 58.1 Å². The highest BCUT2D eigenvalue weighted by atomic mass is 16.1. The highest BCUT2D eigenvalue weighted by Gasteiger charge is 2.26. The summed E-state index contributed by atoms with van der Waals surface area (Å²) in [7, 11) is 0. The van der Waals surface area contributed by atoms with E-state index in [0.29, 0.717) is 5.69 Å². The van der Waals surface area contributed by atoms with Gasteiger partial charge in [0.15, 0.2) is 0 Å². The summed E-state index contributed by atoms with van der Waals surface area (Å²) in [6, 6.07) is 18.6. The quantitative estimate of drug-likeness (QED) is 0.497. The Bertz CT molecular complexity index is 1090. The lowest BCUT2D eigenvalue weighted by Gasteiger charge is -2.28. The zero-order valence-electron chi connectivity index (χ0n) is 19.0.